The van der Waals surface area contributed by atoms with E-state index in [9.17, 15) is 9.59 Å². The first-order chi connectivity index (χ1) is 13.5. The van der Waals surface area contributed by atoms with E-state index in [1.807, 2.05) is 13.8 Å². The number of hydrogen-bond donors (Lipinski definition) is 2. The number of carbonyl (C=O) groups excluding carboxylic acids is 2. The number of furan rings is 1. The van der Waals surface area contributed by atoms with E-state index in [1.165, 1.54) is 6.26 Å². The molecule has 1 aliphatic heterocycles. The van der Waals surface area contributed by atoms with Gasteiger partial charge in [-0.2, -0.15) is 0 Å². The molecule has 2 amide bonds. The summed E-state index contributed by atoms with van der Waals surface area (Å²) in [5.74, 6) is -0.252. The number of carbonyl (C=O) groups is 2. The Morgan fingerprint density at radius 2 is 1.86 bits per heavy atom. The van der Waals surface area contributed by atoms with Crippen LogP contribution in [0.1, 0.15) is 37.2 Å². The Balaban J connectivity index is 1.53. The third-order valence-corrected chi connectivity index (χ3v) is 4.50. The van der Waals surface area contributed by atoms with Crippen molar-refractivity contribution in [2.24, 2.45) is 5.92 Å². The SMILES string of the molecule is CC(C)[C@H](OC[C@H]1CCCO1)C(=O)Nc1ccc(NC(=O)c2ccco2)cc1. The summed E-state index contributed by atoms with van der Waals surface area (Å²) < 4.78 is 16.5. The maximum absolute atomic E-state index is 12.6. The minimum Gasteiger partial charge on any atom is -0.459 e. The van der Waals surface area contributed by atoms with Crippen molar-refractivity contribution in [3.8, 4) is 0 Å². The molecular formula is C21H26N2O5. The van der Waals surface area contributed by atoms with Crippen molar-refractivity contribution in [1.29, 1.82) is 0 Å². The molecule has 1 aromatic heterocycles. The van der Waals surface area contributed by atoms with Crippen LogP contribution in [0, 0.1) is 5.92 Å². The van der Waals surface area contributed by atoms with Crippen molar-refractivity contribution in [3.63, 3.8) is 0 Å². The van der Waals surface area contributed by atoms with Gasteiger partial charge >= 0.3 is 0 Å². The van der Waals surface area contributed by atoms with Gasteiger partial charge in [0.1, 0.15) is 6.10 Å². The van der Waals surface area contributed by atoms with E-state index < -0.39 is 6.10 Å². The maximum atomic E-state index is 12.6. The van der Waals surface area contributed by atoms with Crippen LogP contribution in [-0.2, 0) is 14.3 Å². The van der Waals surface area contributed by atoms with Gasteiger partial charge in [-0.3, -0.25) is 9.59 Å². The van der Waals surface area contributed by atoms with Gasteiger partial charge in [0.15, 0.2) is 5.76 Å². The predicted octanol–water partition coefficient (Wildman–Crippen LogP) is 3.69. The second-order valence-corrected chi connectivity index (χ2v) is 7.13. The molecule has 1 aliphatic rings. The molecule has 0 aliphatic carbocycles. The van der Waals surface area contributed by atoms with E-state index in [-0.39, 0.29) is 29.6 Å². The summed E-state index contributed by atoms with van der Waals surface area (Å²) in [5, 5.41) is 5.60. The zero-order valence-electron chi connectivity index (χ0n) is 16.1. The molecule has 1 aromatic carbocycles. The van der Waals surface area contributed by atoms with Crippen LogP contribution < -0.4 is 10.6 Å². The minimum atomic E-state index is -0.553. The Kier molecular flexibility index (Phi) is 6.84. The molecule has 2 atom stereocenters. The first kappa shape index (κ1) is 20.1. The highest BCUT2D eigenvalue weighted by Crippen LogP contribution is 2.18. The average Bonchev–Trinajstić information content (AvgIpc) is 3.37. The summed E-state index contributed by atoms with van der Waals surface area (Å²) in [6.07, 6.45) is 2.97. The van der Waals surface area contributed by atoms with Crippen LogP contribution >= 0.6 is 0 Å². The zero-order valence-corrected chi connectivity index (χ0v) is 16.1. The Hall–Kier alpha value is -2.64. The molecule has 1 fully saturated rings. The van der Waals surface area contributed by atoms with E-state index in [0.717, 1.165) is 19.4 Å². The van der Waals surface area contributed by atoms with Gasteiger partial charge in [-0.15, -0.1) is 0 Å². The Morgan fingerprint density at radius 3 is 2.43 bits per heavy atom. The molecule has 150 valence electrons. The van der Waals surface area contributed by atoms with E-state index >= 15 is 0 Å². The molecule has 1 saturated heterocycles. The largest absolute Gasteiger partial charge is 0.459 e. The summed E-state index contributed by atoms with van der Waals surface area (Å²) in [5.41, 5.74) is 1.24. The number of amides is 2. The normalized spacial score (nSPS) is 17.5. The quantitative estimate of drug-likeness (QED) is 0.722. The molecule has 0 saturated carbocycles. The molecule has 0 unspecified atom stereocenters. The lowest BCUT2D eigenvalue weighted by Crippen LogP contribution is -2.36. The molecule has 2 heterocycles. The number of ether oxygens (including phenoxy) is 2. The second-order valence-electron chi connectivity index (χ2n) is 7.13. The van der Waals surface area contributed by atoms with Gasteiger partial charge < -0.3 is 24.5 Å². The molecule has 2 aromatic rings. The molecule has 7 heteroatoms. The number of rotatable bonds is 8. The number of nitrogens with one attached hydrogen (secondary N) is 2. The topological polar surface area (TPSA) is 89.8 Å². The van der Waals surface area contributed by atoms with Gasteiger partial charge in [-0.05, 0) is 55.2 Å². The second kappa shape index (κ2) is 9.52. The van der Waals surface area contributed by atoms with Crippen molar-refractivity contribution in [2.75, 3.05) is 23.8 Å². The average molecular weight is 386 g/mol. The molecule has 0 spiro atoms. The van der Waals surface area contributed by atoms with Gasteiger partial charge in [0.25, 0.3) is 11.8 Å². The highest BCUT2D eigenvalue weighted by Gasteiger charge is 2.26. The zero-order chi connectivity index (χ0) is 19.9. The van der Waals surface area contributed by atoms with Crippen molar-refractivity contribution >= 4 is 23.2 Å². The van der Waals surface area contributed by atoms with Crippen LogP contribution in [0.25, 0.3) is 0 Å². The summed E-state index contributed by atoms with van der Waals surface area (Å²) in [6, 6.07) is 10.1. The van der Waals surface area contributed by atoms with Crippen molar-refractivity contribution in [2.45, 2.75) is 38.9 Å². The predicted molar refractivity (Wildman–Crippen MR) is 105 cm³/mol. The van der Waals surface area contributed by atoms with Gasteiger partial charge in [0.05, 0.1) is 19.0 Å². The third kappa shape index (κ3) is 5.43. The van der Waals surface area contributed by atoms with E-state index in [0.29, 0.717) is 18.0 Å². The molecule has 7 nitrogen and oxygen atoms in total. The highest BCUT2D eigenvalue weighted by atomic mass is 16.5. The first-order valence-corrected chi connectivity index (χ1v) is 9.52. The third-order valence-electron chi connectivity index (χ3n) is 4.50. The van der Waals surface area contributed by atoms with Crippen LogP contribution in [0.5, 0.6) is 0 Å². The van der Waals surface area contributed by atoms with Crippen LogP contribution in [0.3, 0.4) is 0 Å². The van der Waals surface area contributed by atoms with Crippen molar-refractivity contribution in [3.05, 3.63) is 48.4 Å². The number of hydrogen-bond acceptors (Lipinski definition) is 5. The number of benzene rings is 1. The van der Waals surface area contributed by atoms with E-state index in [2.05, 4.69) is 10.6 Å². The lowest BCUT2D eigenvalue weighted by molar-refractivity contribution is -0.132. The van der Waals surface area contributed by atoms with Gasteiger partial charge in [0.2, 0.25) is 0 Å². The van der Waals surface area contributed by atoms with E-state index in [4.69, 9.17) is 13.9 Å². The fourth-order valence-electron chi connectivity index (χ4n) is 3.01. The molecule has 0 bridgehead atoms. The van der Waals surface area contributed by atoms with Gasteiger partial charge in [-0.25, -0.2) is 0 Å². The fraction of sp³-hybridized carbons (Fsp3) is 0.429. The smallest absolute Gasteiger partial charge is 0.291 e. The lowest BCUT2D eigenvalue weighted by atomic mass is 10.1. The van der Waals surface area contributed by atoms with Gasteiger partial charge in [-0.1, -0.05) is 13.8 Å². The summed E-state index contributed by atoms with van der Waals surface area (Å²) in [4.78, 5) is 24.6. The fourth-order valence-corrected chi connectivity index (χ4v) is 3.01. The Morgan fingerprint density at radius 1 is 1.14 bits per heavy atom. The van der Waals surface area contributed by atoms with Gasteiger partial charge in [0, 0.05) is 18.0 Å². The molecular weight excluding hydrogens is 360 g/mol. The molecule has 3 rings (SSSR count). The van der Waals surface area contributed by atoms with E-state index in [1.54, 1.807) is 36.4 Å². The van der Waals surface area contributed by atoms with Crippen LogP contribution in [-0.4, -0.2) is 37.2 Å². The maximum Gasteiger partial charge on any atom is 0.291 e. The van der Waals surface area contributed by atoms with Crippen LogP contribution in [0.2, 0.25) is 0 Å². The van der Waals surface area contributed by atoms with Crippen molar-refractivity contribution < 1.29 is 23.5 Å². The highest BCUT2D eigenvalue weighted by molar-refractivity contribution is 6.02. The van der Waals surface area contributed by atoms with Crippen LogP contribution in [0.15, 0.2) is 47.1 Å². The Bertz CT molecular complexity index is 765. The number of anilines is 2. The molecule has 0 radical (unpaired) electrons. The molecule has 2 N–H and O–H groups in total. The standard InChI is InChI=1S/C21H26N2O5/c1-14(2)19(28-13-17-5-3-11-26-17)21(25)23-16-9-7-15(8-10-16)22-20(24)18-6-4-12-27-18/h4,6-10,12,14,17,19H,3,5,11,13H2,1-2H3,(H,22,24)(H,23,25)/t17-,19+/m1/s1. The molecule has 28 heavy (non-hydrogen) atoms. The van der Waals surface area contributed by atoms with Crippen molar-refractivity contribution in [1.82, 2.24) is 0 Å². The Labute approximate surface area is 164 Å². The summed E-state index contributed by atoms with van der Waals surface area (Å²) in [7, 11) is 0. The monoisotopic (exact) mass is 386 g/mol. The lowest BCUT2D eigenvalue weighted by Gasteiger charge is -2.22. The van der Waals surface area contributed by atoms with Crippen LogP contribution in [0.4, 0.5) is 11.4 Å². The minimum absolute atomic E-state index is 0.0354. The summed E-state index contributed by atoms with van der Waals surface area (Å²) >= 11 is 0. The first-order valence-electron chi connectivity index (χ1n) is 9.52. The summed E-state index contributed by atoms with van der Waals surface area (Å²) in [6.45, 7) is 5.09.